The number of furan rings is 1. The van der Waals surface area contributed by atoms with Gasteiger partial charge in [-0.1, -0.05) is 12.1 Å². The van der Waals surface area contributed by atoms with Gasteiger partial charge in [0, 0.05) is 46.3 Å². The summed E-state index contributed by atoms with van der Waals surface area (Å²) in [4.78, 5) is 6.65. The molecular formula is C22H32F3IN4O2. The van der Waals surface area contributed by atoms with Gasteiger partial charge in [0.2, 0.25) is 0 Å². The minimum Gasteiger partial charge on any atom is -0.469 e. The molecular weight excluding hydrogens is 536 g/mol. The Hall–Kier alpha value is -1.79. The molecule has 0 saturated heterocycles. The molecule has 0 spiro atoms. The predicted molar refractivity (Wildman–Crippen MR) is 130 cm³/mol. The first-order valence-electron chi connectivity index (χ1n) is 10.3. The van der Waals surface area contributed by atoms with Gasteiger partial charge >= 0.3 is 6.18 Å². The molecule has 0 bridgehead atoms. The molecule has 0 aliphatic rings. The van der Waals surface area contributed by atoms with Gasteiger partial charge in [0.15, 0.2) is 5.96 Å². The van der Waals surface area contributed by atoms with Crippen LogP contribution in [0, 0.1) is 0 Å². The van der Waals surface area contributed by atoms with Gasteiger partial charge in [-0.05, 0) is 43.3 Å². The van der Waals surface area contributed by atoms with Gasteiger partial charge in [-0.3, -0.25) is 0 Å². The van der Waals surface area contributed by atoms with Crippen molar-refractivity contribution in [2.75, 3.05) is 46.9 Å². The third kappa shape index (κ3) is 11.2. The van der Waals surface area contributed by atoms with Crippen LogP contribution in [0.2, 0.25) is 0 Å². The summed E-state index contributed by atoms with van der Waals surface area (Å²) >= 11 is 0. The van der Waals surface area contributed by atoms with E-state index < -0.39 is 11.7 Å². The van der Waals surface area contributed by atoms with Crippen molar-refractivity contribution in [2.45, 2.75) is 25.6 Å². The zero-order valence-electron chi connectivity index (χ0n) is 18.5. The minimum atomic E-state index is -4.37. The van der Waals surface area contributed by atoms with Crippen LogP contribution in [0.4, 0.5) is 13.2 Å². The Morgan fingerprint density at radius 3 is 2.59 bits per heavy atom. The Morgan fingerprint density at radius 1 is 1.12 bits per heavy atom. The van der Waals surface area contributed by atoms with E-state index in [1.807, 2.05) is 19.2 Å². The van der Waals surface area contributed by atoms with Crippen LogP contribution in [-0.4, -0.2) is 57.8 Å². The third-order valence-corrected chi connectivity index (χ3v) is 4.59. The third-order valence-electron chi connectivity index (χ3n) is 4.59. The highest BCUT2D eigenvalue weighted by atomic mass is 127. The molecule has 0 aliphatic heterocycles. The Bertz CT molecular complexity index is 786. The molecule has 2 aromatic rings. The average Bonchev–Trinajstić information content (AvgIpc) is 3.25. The van der Waals surface area contributed by atoms with E-state index >= 15 is 0 Å². The molecule has 0 saturated carbocycles. The van der Waals surface area contributed by atoms with Crippen LogP contribution < -0.4 is 10.6 Å². The van der Waals surface area contributed by atoms with Crippen LogP contribution >= 0.6 is 24.0 Å². The van der Waals surface area contributed by atoms with E-state index in [1.54, 1.807) is 19.4 Å². The second kappa shape index (κ2) is 15.1. The number of hydrogen-bond acceptors (Lipinski definition) is 4. The van der Waals surface area contributed by atoms with Gasteiger partial charge in [0.25, 0.3) is 0 Å². The van der Waals surface area contributed by atoms with Crippen molar-refractivity contribution in [1.82, 2.24) is 15.5 Å². The maximum atomic E-state index is 12.9. The number of aliphatic imine (C=N–C) groups is 1. The Labute approximate surface area is 204 Å². The molecule has 2 N–H and O–H groups in total. The summed E-state index contributed by atoms with van der Waals surface area (Å²) in [5.74, 6) is 1.40. The number of rotatable bonds is 12. The maximum absolute atomic E-state index is 12.9. The summed E-state index contributed by atoms with van der Waals surface area (Å²) in [5, 5.41) is 6.47. The number of hydrogen-bond donors (Lipinski definition) is 2. The molecule has 1 heterocycles. The molecule has 0 aliphatic carbocycles. The lowest BCUT2D eigenvalue weighted by Gasteiger charge is -2.18. The number of nitrogens with one attached hydrogen (secondary N) is 2. The number of alkyl halides is 3. The molecule has 2 rings (SSSR count). The summed E-state index contributed by atoms with van der Waals surface area (Å²) in [6, 6.07) is 8.96. The van der Waals surface area contributed by atoms with Gasteiger partial charge in [0.05, 0.1) is 18.4 Å². The zero-order chi connectivity index (χ0) is 22.5. The Balaban J connectivity index is 0.00000512. The number of nitrogens with zero attached hydrogens (tertiary/aromatic N) is 2. The van der Waals surface area contributed by atoms with Crippen LogP contribution in [0.5, 0.6) is 0 Å². The number of methoxy groups -OCH3 is 1. The number of benzene rings is 1. The van der Waals surface area contributed by atoms with E-state index in [-0.39, 0.29) is 30.5 Å². The molecule has 180 valence electrons. The Morgan fingerprint density at radius 2 is 1.91 bits per heavy atom. The van der Waals surface area contributed by atoms with Crippen molar-refractivity contribution in [3.63, 3.8) is 0 Å². The van der Waals surface area contributed by atoms with Gasteiger partial charge in [-0.25, -0.2) is 4.99 Å². The second-order valence-corrected chi connectivity index (χ2v) is 7.20. The first-order valence-corrected chi connectivity index (χ1v) is 10.3. The number of halogens is 4. The second-order valence-electron chi connectivity index (χ2n) is 7.20. The summed E-state index contributed by atoms with van der Waals surface area (Å²) in [6.07, 6.45) is -1.12. The number of likely N-dealkylation sites (N-methyl/N-ethyl adjacent to an activating group) is 1. The van der Waals surface area contributed by atoms with Crippen LogP contribution in [0.15, 0.2) is 52.1 Å². The summed E-state index contributed by atoms with van der Waals surface area (Å²) < 4.78 is 49.2. The van der Waals surface area contributed by atoms with Crippen LogP contribution in [0.3, 0.4) is 0 Å². The van der Waals surface area contributed by atoms with Crippen molar-refractivity contribution >= 4 is 29.9 Å². The van der Waals surface area contributed by atoms with Gasteiger partial charge in [0.1, 0.15) is 5.76 Å². The van der Waals surface area contributed by atoms with Crippen molar-refractivity contribution in [3.05, 3.63) is 59.5 Å². The van der Waals surface area contributed by atoms with Gasteiger partial charge in [-0.15, -0.1) is 24.0 Å². The monoisotopic (exact) mass is 568 g/mol. The quantitative estimate of drug-likeness (QED) is 0.174. The van der Waals surface area contributed by atoms with Crippen LogP contribution in [0.25, 0.3) is 0 Å². The fourth-order valence-electron chi connectivity index (χ4n) is 2.91. The molecule has 10 heteroatoms. The molecule has 0 fully saturated rings. The number of guanidine groups is 1. The largest absolute Gasteiger partial charge is 0.469 e. The van der Waals surface area contributed by atoms with Crippen molar-refractivity contribution < 1.29 is 22.3 Å². The lowest BCUT2D eigenvalue weighted by Crippen LogP contribution is -2.42. The predicted octanol–water partition coefficient (Wildman–Crippen LogP) is 4.16. The molecule has 1 aromatic carbocycles. The smallest absolute Gasteiger partial charge is 0.416 e. The highest BCUT2D eigenvalue weighted by Crippen LogP contribution is 2.29. The highest BCUT2D eigenvalue weighted by Gasteiger charge is 2.30. The summed E-state index contributed by atoms with van der Waals surface area (Å²) in [5.41, 5.74) is -0.170. The van der Waals surface area contributed by atoms with Crippen LogP contribution in [-0.2, 0) is 23.9 Å². The van der Waals surface area contributed by atoms with E-state index in [0.717, 1.165) is 44.0 Å². The molecule has 0 unspecified atom stereocenters. The molecule has 32 heavy (non-hydrogen) atoms. The molecule has 0 atom stereocenters. The normalized spacial score (nSPS) is 12.0. The fourth-order valence-corrected chi connectivity index (χ4v) is 2.91. The first kappa shape index (κ1) is 28.2. The highest BCUT2D eigenvalue weighted by molar-refractivity contribution is 14.0. The first-order chi connectivity index (χ1) is 14.9. The van der Waals surface area contributed by atoms with Gasteiger partial charge < -0.3 is 24.7 Å². The van der Waals surface area contributed by atoms with Crippen molar-refractivity contribution in [2.24, 2.45) is 4.99 Å². The molecule has 1 aromatic heterocycles. The topological polar surface area (TPSA) is 62.0 Å². The Kier molecular flexibility index (Phi) is 13.3. The minimum absolute atomic E-state index is 0. The van der Waals surface area contributed by atoms with E-state index in [4.69, 9.17) is 9.15 Å². The molecule has 0 radical (unpaired) electrons. The van der Waals surface area contributed by atoms with Gasteiger partial charge in [-0.2, -0.15) is 13.2 Å². The molecule has 6 nitrogen and oxygen atoms in total. The van der Waals surface area contributed by atoms with E-state index in [9.17, 15) is 13.2 Å². The lowest BCUT2D eigenvalue weighted by atomic mass is 10.1. The SMILES string of the molecule is COCCCN(C)CCNC(=NCc1cccc(C(F)(F)F)c1)NCCc1ccco1.I. The maximum Gasteiger partial charge on any atom is 0.416 e. The fraction of sp³-hybridized carbons (Fsp3) is 0.500. The number of ether oxygens (including phenoxy) is 1. The van der Waals surface area contributed by atoms with E-state index in [0.29, 0.717) is 31.0 Å². The zero-order valence-corrected chi connectivity index (χ0v) is 20.8. The summed E-state index contributed by atoms with van der Waals surface area (Å²) in [7, 11) is 3.71. The van der Waals surface area contributed by atoms with Crippen molar-refractivity contribution in [3.8, 4) is 0 Å². The standard InChI is InChI=1S/C22H31F3N4O2.HI/c1-29(12-5-14-30-2)13-11-27-21(26-10-9-20-8-4-15-31-20)28-17-18-6-3-7-19(16-18)22(23,24)25;/h3-4,6-8,15-16H,5,9-14,17H2,1-2H3,(H2,26,27,28);1H. The molecule has 0 amide bonds. The van der Waals surface area contributed by atoms with Crippen LogP contribution in [0.1, 0.15) is 23.3 Å². The summed E-state index contributed by atoms with van der Waals surface area (Å²) in [6.45, 7) is 3.81. The lowest BCUT2D eigenvalue weighted by molar-refractivity contribution is -0.137. The van der Waals surface area contributed by atoms with E-state index in [1.165, 1.54) is 6.07 Å². The van der Waals surface area contributed by atoms with E-state index in [2.05, 4.69) is 20.5 Å². The van der Waals surface area contributed by atoms with Crippen molar-refractivity contribution in [1.29, 1.82) is 0 Å². The average molecular weight is 568 g/mol.